The van der Waals surface area contributed by atoms with E-state index in [1.54, 1.807) is 24.3 Å². The predicted molar refractivity (Wildman–Crippen MR) is 122 cm³/mol. The second-order valence-corrected chi connectivity index (χ2v) is 7.69. The summed E-state index contributed by atoms with van der Waals surface area (Å²) in [5.41, 5.74) is 1.88. The van der Waals surface area contributed by atoms with Crippen LogP contribution in [-0.4, -0.2) is 43.7 Å². The molecule has 7 heteroatoms. The fraction of sp³-hybridized carbons (Fsp3) is 0.417. The number of rotatable bonds is 10. The molecule has 1 heterocycles. The minimum absolute atomic E-state index is 0.0898. The molecule has 3 N–H and O–H groups in total. The highest BCUT2D eigenvalue weighted by Crippen LogP contribution is 2.19. The van der Waals surface area contributed by atoms with Gasteiger partial charge in [-0.15, -0.1) is 0 Å². The lowest BCUT2D eigenvalue weighted by molar-refractivity contribution is -0.114. The van der Waals surface area contributed by atoms with Crippen molar-refractivity contribution in [2.75, 3.05) is 30.3 Å². The number of anilines is 2. The molecule has 2 amide bonds. The summed E-state index contributed by atoms with van der Waals surface area (Å²) >= 11 is 0. The van der Waals surface area contributed by atoms with E-state index in [2.05, 4.69) is 22.9 Å². The number of carbonyl (C=O) groups excluding carboxylic acids is 2. The lowest BCUT2D eigenvalue weighted by atomic mass is 10.1. The molecule has 1 fully saturated rings. The zero-order valence-electron chi connectivity index (χ0n) is 18.1. The second-order valence-electron chi connectivity index (χ2n) is 7.69. The number of carbonyl (C=O) groups is 2. The quantitative estimate of drug-likeness (QED) is 0.539. The third-order valence-corrected chi connectivity index (χ3v) is 5.12. The highest BCUT2D eigenvalue weighted by molar-refractivity contribution is 5.98. The van der Waals surface area contributed by atoms with Gasteiger partial charge in [0.15, 0.2) is 0 Å². The Morgan fingerprint density at radius 2 is 1.97 bits per heavy atom. The minimum atomic E-state index is -0.204. The SMILES string of the molecule is CCC(C)Oc1cccc(NCC(=O)Nc2cccc(C(=O)NCC3CCCO3)c2)c1. The number of nitrogens with one attached hydrogen (secondary N) is 3. The Morgan fingerprint density at radius 1 is 1.16 bits per heavy atom. The van der Waals surface area contributed by atoms with Gasteiger partial charge in [0.05, 0.1) is 18.8 Å². The van der Waals surface area contributed by atoms with Crippen LogP contribution in [0.5, 0.6) is 5.75 Å². The summed E-state index contributed by atoms with van der Waals surface area (Å²) in [5.74, 6) is 0.384. The summed E-state index contributed by atoms with van der Waals surface area (Å²) in [6.07, 6.45) is 3.15. The first-order valence-corrected chi connectivity index (χ1v) is 10.8. The Balaban J connectivity index is 1.48. The molecule has 1 aliphatic rings. The van der Waals surface area contributed by atoms with Gasteiger partial charge in [-0.3, -0.25) is 9.59 Å². The Morgan fingerprint density at radius 3 is 2.74 bits per heavy atom. The number of hydrogen-bond acceptors (Lipinski definition) is 5. The Labute approximate surface area is 183 Å². The van der Waals surface area contributed by atoms with Gasteiger partial charge in [-0.2, -0.15) is 0 Å². The van der Waals surface area contributed by atoms with Gasteiger partial charge in [-0.1, -0.05) is 19.1 Å². The normalized spacial score (nSPS) is 16.4. The molecule has 0 spiro atoms. The van der Waals surface area contributed by atoms with E-state index in [-0.39, 0.29) is 30.6 Å². The Hall–Kier alpha value is -3.06. The largest absolute Gasteiger partial charge is 0.491 e. The van der Waals surface area contributed by atoms with Gasteiger partial charge >= 0.3 is 0 Å². The van der Waals surface area contributed by atoms with Crippen molar-refractivity contribution >= 4 is 23.2 Å². The fourth-order valence-corrected chi connectivity index (χ4v) is 3.23. The van der Waals surface area contributed by atoms with Crippen molar-refractivity contribution in [2.24, 2.45) is 0 Å². The molecule has 31 heavy (non-hydrogen) atoms. The van der Waals surface area contributed by atoms with Gasteiger partial charge in [-0.05, 0) is 56.5 Å². The monoisotopic (exact) mass is 425 g/mol. The Bertz CT molecular complexity index is 881. The highest BCUT2D eigenvalue weighted by atomic mass is 16.5. The van der Waals surface area contributed by atoms with Gasteiger partial charge in [0.2, 0.25) is 5.91 Å². The minimum Gasteiger partial charge on any atom is -0.491 e. The molecule has 2 atom stereocenters. The molecule has 166 valence electrons. The van der Waals surface area contributed by atoms with Crippen molar-refractivity contribution in [1.29, 1.82) is 0 Å². The molecule has 3 rings (SSSR count). The highest BCUT2D eigenvalue weighted by Gasteiger charge is 2.17. The first-order valence-electron chi connectivity index (χ1n) is 10.8. The summed E-state index contributed by atoms with van der Waals surface area (Å²) < 4.78 is 11.3. The van der Waals surface area contributed by atoms with E-state index < -0.39 is 0 Å². The zero-order valence-corrected chi connectivity index (χ0v) is 18.1. The molecular weight excluding hydrogens is 394 g/mol. The van der Waals surface area contributed by atoms with Crippen molar-refractivity contribution < 1.29 is 19.1 Å². The number of benzene rings is 2. The molecule has 0 radical (unpaired) electrons. The van der Waals surface area contributed by atoms with Gasteiger partial charge in [0, 0.05) is 36.2 Å². The van der Waals surface area contributed by atoms with E-state index in [9.17, 15) is 9.59 Å². The molecule has 2 unspecified atom stereocenters. The van der Waals surface area contributed by atoms with Crippen LogP contribution in [0.3, 0.4) is 0 Å². The Kier molecular flexibility index (Phi) is 8.29. The van der Waals surface area contributed by atoms with Crippen LogP contribution in [-0.2, 0) is 9.53 Å². The average molecular weight is 426 g/mol. The van der Waals surface area contributed by atoms with Crippen LogP contribution in [0.2, 0.25) is 0 Å². The van der Waals surface area contributed by atoms with E-state index in [4.69, 9.17) is 9.47 Å². The summed E-state index contributed by atoms with van der Waals surface area (Å²) in [6.45, 7) is 5.44. The maximum Gasteiger partial charge on any atom is 0.251 e. The average Bonchev–Trinajstić information content (AvgIpc) is 3.30. The van der Waals surface area contributed by atoms with E-state index in [1.165, 1.54) is 0 Å². The van der Waals surface area contributed by atoms with E-state index in [0.29, 0.717) is 17.8 Å². The lowest BCUT2D eigenvalue weighted by Crippen LogP contribution is -2.31. The van der Waals surface area contributed by atoms with Crippen molar-refractivity contribution in [1.82, 2.24) is 5.32 Å². The molecule has 1 aliphatic heterocycles. The maximum atomic E-state index is 12.4. The summed E-state index contributed by atoms with van der Waals surface area (Å²) in [5, 5.41) is 8.81. The van der Waals surface area contributed by atoms with E-state index in [0.717, 1.165) is 37.3 Å². The summed E-state index contributed by atoms with van der Waals surface area (Å²) in [7, 11) is 0. The van der Waals surface area contributed by atoms with Crippen LogP contribution in [0, 0.1) is 0 Å². The molecular formula is C24H31N3O4. The van der Waals surface area contributed by atoms with E-state index >= 15 is 0 Å². The van der Waals surface area contributed by atoms with Crippen LogP contribution >= 0.6 is 0 Å². The summed E-state index contributed by atoms with van der Waals surface area (Å²) in [4.78, 5) is 24.7. The molecule has 0 aliphatic carbocycles. The standard InChI is InChI=1S/C24H31N3O4/c1-3-17(2)31-21-10-5-8-19(14-21)25-16-23(28)27-20-9-4-7-18(13-20)24(29)26-15-22-11-6-12-30-22/h4-5,7-10,13-14,17,22,25H,3,6,11-12,15-16H2,1-2H3,(H,26,29)(H,27,28). The topological polar surface area (TPSA) is 88.7 Å². The predicted octanol–water partition coefficient (Wildman–Crippen LogP) is 3.82. The summed E-state index contributed by atoms with van der Waals surface area (Å²) in [6, 6.07) is 14.4. The van der Waals surface area contributed by atoms with Gasteiger partial charge in [0.25, 0.3) is 5.91 Å². The first kappa shape index (κ1) is 22.6. The smallest absolute Gasteiger partial charge is 0.251 e. The molecule has 7 nitrogen and oxygen atoms in total. The molecule has 1 saturated heterocycles. The number of amides is 2. The first-order chi connectivity index (χ1) is 15.0. The van der Waals surface area contributed by atoms with Crippen molar-refractivity contribution in [2.45, 2.75) is 45.3 Å². The lowest BCUT2D eigenvalue weighted by Gasteiger charge is -2.14. The van der Waals surface area contributed by atoms with Gasteiger partial charge < -0.3 is 25.4 Å². The number of ether oxygens (including phenoxy) is 2. The molecule has 2 aromatic rings. The van der Waals surface area contributed by atoms with Gasteiger partial charge in [0.1, 0.15) is 5.75 Å². The molecule has 0 aromatic heterocycles. The zero-order chi connectivity index (χ0) is 22.1. The molecule has 0 saturated carbocycles. The second kappa shape index (κ2) is 11.4. The van der Waals surface area contributed by atoms with Gasteiger partial charge in [-0.25, -0.2) is 0 Å². The van der Waals surface area contributed by atoms with Crippen molar-refractivity contribution in [3.8, 4) is 5.75 Å². The maximum absolute atomic E-state index is 12.4. The third kappa shape index (κ3) is 7.29. The third-order valence-electron chi connectivity index (χ3n) is 5.12. The van der Waals surface area contributed by atoms with Crippen LogP contribution in [0.1, 0.15) is 43.5 Å². The molecule has 0 bridgehead atoms. The van der Waals surface area contributed by atoms with Crippen LogP contribution < -0.4 is 20.7 Å². The van der Waals surface area contributed by atoms with Crippen LogP contribution in [0.4, 0.5) is 11.4 Å². The van der Waals surface area contributed by atoms with Crippen molar-refractivity contribution in [3.05, 3.63) is 54.1 Å². The molecule has 2 aromatic carbocycles. The fourth-order valence-electron chi connectivity index (χ4n) is 3.23. The van der Waals surface area contributed by atoms with Crippen LogP contribution in [0.25, 0.3) is 0 Å². The van der Waals surface area contributed by atoms with E-state index in [1.807, 2.05) is 31.2 Å². The number of hydrogen-bond donors (Lipinski definition) is 3. The van der Waals surface area contributed by atoms with Crippen LogP contribution in [0.15, 0.2) is 48.5 Å². The van der Waals surface area contributed by atoms with Crippen molar-refractivity contribution in [3.63, 3.8) is 0 Å².